The molecule has 30 heavy (non-hydrogen) atoms. The SMILES string of the molecule is CCC(=O)N1CCN(c2ccc(Cl)cc2NC(=O)c2cc(Br)cc(Br)c2OC)CC1. The molecular formula is C21H22Br2ClN3O3. The lowest BCUT2D eigenvalue weighted by Gasteiger charge is -2.37. The second kappa shape index (κ2) is 10.0. The van der Waals surface area contributed by atoms with Crippen molar-refractivity contribution in [2.75, 3.05) is 43.5 Å². The highest BCUT2D eigenvalue weighted by molar-refractivity contribution is 9.11. The van der Waals surface area contributed by atoms with Crippen molar-refractivity contribution >= 4 is 66.6 Å². The van der Waals surface area contributed by atoms with Crippen molar-refractivity contribution < 1.29 is 14.3 Å². The molecular weight excluding hydrogens is 538 g/mol. The van der Waals surface area contributed by atoms with E-state index in [4.69, 9.17) is 16.3 Å². The minimum absolute atomic E-state index is 0.159. The maximum absolute atomic E-state index is 13.1. The Balaban J connectivity index is 1.85. The number of benzene rings is 2. The van der Waals surface area contributed by atoms with E-state index in [0.717, 1.165) is 10.2 Å². The molecule has 0 bridgehead atoms. The lowest BCUT2D eigenvalue weighted by Crippen LogP contribution is -2.48. The lowest BCUT2D eigenvalue weighted by molar-refractivity contribution is -0.131. The summed E-state index contributed by atoms with van der Waals surface area (Å²) >= 11 is 13.1. The van der Waals surface area contributed by atoms with E-state index in [2.05, 4.69) is 42.1 Å². The third-order valence-corrected chi connectivity index (χ3v) is 6.22. The van der Waals surface area contributed by atoms with Gasteiger partial charge in [0.15, 0.2) is 0 Å². The normalized spacial score (nSPS) is 13.9. The van der Waals surface area contributed by atoms with Crippen molar-refractivity contribution in [2.45, 2.75) is 13.3 Å². The topological polar surface area (TPSA) is 61.9 Å². The lowest BCUT2D eigenvalue weighted by atomic mass is 10.1. The van der Waals surface area contributed by atoms with E-state index in [1.807, 2.05) is 24.0 Å². The predicted molar refractivity (Wildman–Crippen MR) is 127 cm³/mol. The first-order valence-electron chi connectivity index (χ1n) is 9.50. The Hall–Kier alpha value is -1.77. The number of hydrogen-bond donors (Lipinski definition) is 1. The van der Waals surface area contributed by atoms with Crippen LogP contribution in [-0.2, 0) is 4.79 Å². The van der Waals surface area contributed by atoms with Crippen molar-refractivity contribution in [3.63, 3.8) is 0 Å². The number of carbonyl (C=O) groups is 2. The Morgan fingerprint density at radius 3 is 2.47 bits per heavy atom. The molecule has 2 aromatic rings. The summed E-state index contributed by atoms with van der Waals surface area (Å²) in [6.45, 7) is 4.53. The molecule has 1 fully saturated rings. The van der Waals surface area contributed by atoms with Gasteiger partial charge < -0.3 is 19.9 Å². The second-order valence-corrected chi connectivity index (χ2v) is 9.01. The first kappa shape index (κ1) is 22.9. The van der Waals surface area contributed by atoms with E-state index >= 15 is 0 Å². The third kappa shape index (κ3) is 5.10. The fraction of sp³-hybridized carbons (Fsp3) is 0.333. The molecule has 0 radical (unpaired) electrons. The van der Waals surface area contributed by atoms with Crippen LogP contribution >= 0.6 is 43.5 Å². The molecule has 1 aliphatic heterocycles. The van der Waals surface area contributed by atoms with Gasteiger partial charge in [-0.2, -0.15) is 0 Å². The fourth-order valence-corrected chi connectivity index (χ4v) is 4.99. The quantitative estimate of drug-likeness (QED) is 0.548. The standard InChI is InChI=1S/C21H22Br2ClN3O3/c1-3-19(28)27-8-6-26(7-9-27)18-5-4-14(24)12-17(18)25-21(29)15-10-13(22)11-16(23)20(15)30-2/h4-5,10-12H,3,6-9H2,1-2H3,(H,25,29). The van der Waals surface area contributed by atoms with Crippen molar-refractivity contribution in [3.05, 3.63) is 49.9 Å². The number of carbonyl (C=O) groups excluding carboxylic acids is 2. The van der Waals surface area contributed by atoms with Gasteiger partial charge in [0.1, 0.15) is 5.75 Å². The molecule has 1 saturated heterocycles. The molecule has 2 amide bonds. The van der Waals surface area contributed by atoms with Gasteiger partial charge in [0.05, 0.1) is 28.5 Å². The van der Waals surface area contributed by atoms with Gasteiger partial charge in [0.25, 0.3) is 5.91 Å². The number of nitrogens with one attached hydrogen (secondary N) is 1. The van der Waals surface area contributed by atoms with Gasteiger partial charge in [-0.05, 0) is 46.3 Å². The zero-order valence-electron chi connectivity index (χ0n) is 16.7. The van der Waals surface area contributed by atoms with Crippen LogP contribution in [0.5, 0.6) is 5.75 Å². The molecule has 3 rings (SSSR count). The van der Waals surface area contributed by atoms with Crippen LogP contribution in [0, 0.1) is 0 Å². The Morgan fingerprint density at radius 1 is 1.13 bits per heavy atom. The van der Waals surface area contributed by atoms with Crippen LogP contribution in [0.25, 0.3) is 0 Å². The van der Waals surface area contributed by atoms with Crippen LogP contribution < -0.4 is 15.0 Å². The Labute approximate surface area is 197 Å². The second-order valence-electron chi connectivity index (χ2n) is 6.81. The Kier molecular flexibility index (Phi) is 7.65. The van der Waals surface area contributed by atoms with Crippen LogP contribution in [0.2, 0.25) is 5.02 Å². The number of hydrogen-bond acceptors (Lipinski definition) is 4. The largest absolute Gasteiger partial charge is 0.495 e. The fourth-order valence-electron chi connectivity index (χ4n) is 3.43. The van der Waals surface area contributed by atoms with Gasteiger partial charge in [0.2, 0.25) is 5.91 Å². The van der Waals surface area contributed by atoms with E-state index in [1.165, 1.54) is 7.11 Å². The monoisotopic (exact) mass is 557 g/mol. The van der Waals surface area contributed by atoms with Gasteiger partial charge >= 0.3 is 0 Å². The van der Waals surface area contributed by atoms with Crippen LogP contribution in [-0.4, -0.2) is 50.0 Å². The van der Waals surface area contributed by atoms with E-state index in [9.17, 15) is 9.59 Å². The first-order chi connectivity index (χ1) is 14.3. The van der Waals surface area contributed by atoms with E-state index in [1.54, 1.807) is 18.2 Å². The number of rotatable bonds is 5. The molecule has 0 atom stereocenters. The minimum Gasteiger partial charge on any atom is -0.495 e. The molecule has 0 saturated carbocycles. The number of methoxy groups -OCH3 is 1. The molecule has 2 aromatic carbocycles. The molecule has 0 aromatic heterocycles. The highest BCUT2D eigenvalue weighted by Gasteiger charge is 2.23. The van der Waals surface area contributed by atoms with Gasteiger partial charge in [-0.25, -0.2) is 0 Å². The van der Waals surface area contributed by atoms with Crippen LogP contribution in [0.15, 0.2) is 39.3 Å². The van der Waals surface area contributed by atoms with E-state index in [-0.39, 0.29) is 11.8 Å². The van der Waals surface area contributed by atoms with Crippen LogP contribution in [0.3, 0.4) is 0 Å². The van der Waals surface area contributed by atoms with Gasteiger partial charge in [0, 0.05) is 42.1 Å². The molecule has 0 unspecified atom stereocenters. The summed E-state index contributed by atoms with van der Waals surface area (Å²) in [5.74, 6) is 0.301. The number of nitrogens with zero attached hydrogens (tertiary/aromatic N) is 2. The summed E-state index contributed by atoms with van der Waals surface area (Å²) < 4.78 is 6.83. The summed E-state index contributed by atoms with van der Waals surface area (Å²) in [6, 6.07) is 8.95. The molecule has 0 spiro atoms. The predicted octanol–water partition coefficient (Wildman–Crippen LogP) is 5.18. The molecule has 9 heteroatoms. The van der Waals surface area contributed by atoms with Crippen molar-refractivity contribution in [2.24, 2.45) is 0 Å². The maximum Gasteiger partial charge on any atom is 0.259 e. The number of ether oxygens (including phenoxy) is 1. The minimum atomic E-state index is -0.308. The maximum atomic E-state index is 13.1. The summed E-state index contributed by atoms with van der Waals surface area (Å²) in [6.07, 6.45) is 0.506. The molecule has 0 aliphatic carbocycles. The summed E-state index contributed by atoms with van der Waals surface area (Å²) in [5, 5.41) is 3.50. The molecule has 1 heterocycles. The van der Waals surface area contributed by atoms with E-state index < -0.39 is 0 Å². The highest BCUT2D eigenvalue weighted by atomic mass is 79.9. The molecule has 1 aliphatic rings. The number of anilines is 2. The van der Waals surface area contributed by atoms with Crippen LogP contribution in [0.4, 0.5) is 11.4 Å². The Morgan fingerprint density at radius 2 is 1.83 bits per heavy atom. The summed E-state index contributed by atoms with van der Waals surface area (Å²) in [7, 11) is 1.52. The van der Waals surface area contributed by atoms with Gasteiger partial charge in [-0.3, -0.25) is 9.59 Å². The summed E-state index contributed by atoms with van der Waals surface area (Å²) in [5.41, 5.74) is 1.87. The van der Waals surface area contributed by atoms with Crippen molar-refractivity contribution in [3.8, 4) is 5.75 Å². The zero-order chi connectivity index (χ0) is 21.8. The van der Waals surface area contributed by atoms with Crippen molar-refractivity contribution in [1.29, 1.82) is 0 Å². The zero-order valence-corrected chi connectivity index (χ0v) is 20.6. The average Bonchev–Trinajstić information content (AvgIpc) is 2.73. The summed E-state index contributed by atoms with van der Waals surface area (Å²) in [4.78, 5) is 29.1. The molecule has 160 valence electrons. The first-order valence-corrected chi connectivity index (χ1v) is 11.5. The highest BCUT2D eigenvalue weighted by Crippen LogP contribution is 2.35. The van der Waals surface area contributed by atoms with Gasteiger partial charge in [-0.1, -0.05) is 34.5 Å². The van der Waals surface area contributed by atoms with Gasteiger partial charge in [-0.15, -0.1) is 0 Å². The Bertz CT molecular complexity index is 963. The molecule has 1 N–H and O–H groups in total. The third-order valence-electron chi connectivity index (χ3n) is 4.94. The number of amides is 2. The average molecular weight is 560 g/mol. The molecule has 6 nitrogen and oxygen atoms in total. The van der Waals surface area contributed by atoms with Crippen molar-refractivity contribution in [1.82, 2.24) is 4.90 Å². The smallest absolute Gasteiger partial charge is 0.259 e. The van der Waals surface area contributed by atoms with Crippen LogP contribution in [0.1, 0.15) is 23.7 Å². The number of piperazine rings is 1. The van der Waals surface area contributed by atoms with E-state index in [0.29, 0.717) is 59.1 Å². The number of halogens is 3.